The minimum atomic E-state index is -0.431. The van der Waals surface area contributed by atoms with Gasteiger partial charge in [0.15, 0.2) is 0 Å². The average Bonchev–Trinajstić information content (AvgIpc) is 2.37. The van der Waals surface area contributed by atoms with Gasteiger partial charge in [0.25, 0.3) is 0 Å². The lowest BCUT2D eigenvalue weighted by molar-refractivity contribution is 0.142. The molecule has 0 radical (unpaired) electrons. The van der Waals surface area contributed by atoms with Gasteiger partial charge in [-0.2, -0.15) is 0 Å². The van der Waals surface area contributed by atoms with Crippen molar-refractivity contribution in [1.82, 2.24) is 5.32 Å². The Kier molecular flexibility index (Phi) is 4.32. The molecule has 100 valence electrons. The standard InChI is InChI=1S/C13H19ClN2O2/c1-9(12(17)8-15-2)16-5-6-18-13-4-3-10(14)7-11(13)16/h3-4,7,9,12,15,17H,5-6,8H2,1-2H3/t9-,12+/m1/s1. The molecule has 1 heterocycles. The van der Waals surface area contributed by atoms with Crippen molar-refractivity contribution in [2.45, 2.75) is 19.1 Å². The molecule has 0 aliphatic carbocycles. The summed E-state index contributed by atoms with van der Waals surface area (Å²) in [6.07, 6.45) is -0.431. The van der Waals surface area contributed by atoms with Gasteiger partial charge in [-0.1, -0.05) is 11.6 Å². The van der Waals surface area contributed by atoms with Crippen molar-refractivity contribution in [3.8, 4) is 5.75 Å². The molecule has 0 unspecified atom stereocenters. The molecule has 2 rings (SSSR count). The Hall–Kier alpha value is -0.970. The number of nitrogens with one attached hydrogen (secondary N) is 1. The average molecular weight is 271 g/mol. The SMILES string of the molecule is CNC[C@H](O)[C@@H](C)N1CCOc2ccc(Cl)cc21. The van der Waals surface area contributed by atoms with E-state index in [0.29, 0.717) is 18.2 Å². The molecule has 5 heteroatoms. The normalized spacial score (nSPS) is 17.9. The number of hydrogen-bond acceptors (Lipinski definition) is 4. The zero-order valence-corrected chi connectivity index (χ0v) is 11.4. The first-order valence-corrected chi connectivity index (χ1v) is 6.53. The van der Waals surface area contributed by atoms with Crippen LogP contribution in [-0.2, 0) is 0 Å². The molecule has 1 aliphatic heterocycles. The van der Waals surface area contributed by atoms with Gasteiger partial charge >= 0.3 is 0 Å². The fourth-order valence-electron chi connectivity index (χ4n) is 2.22. The third-order valence-electron chi connectivity index (χ3n) is 3.28. The van der Waals surface area contributed by atoms with Crippen LogP contribution in [0.1, 0.15) is 6.92 Å². The number of anilines is 1. The number of fused-ring (bicyclic) bond motifs is 1. The highest BCUT2D eigenvalue weighted by Gasteiger charge is 2.26. The van der Waals surface area contributed by atoms with Gasteiger partial charge in [-0.05, 0) is 32.2 Å². The highest BCUT2D eigenvalue weighted by atomic mass is 35.5. The van der Waals surface area contributed by atoms with Gasteiger partial charge in [0.05, 0.1) is 24.4 Å². The first kappa shape index (κ1) is 13.5. The summed E-state index contributed by atoms with van der Waals surface area (Å²) in [5, 5.41) is 13.8. The molecule has 0 saturated heterocycles. The van der Waals surface area contributed by atoms with Gasteiger partial charge in [0.1, 0.15) is 12.4 Å². The molecule has 0 fully saturated rings. The van der Waals surface area contributed by atoms with Crippen LogP contribution in [-0.4, -0.2) is 44.0 Å². The number of likely N-dealkylation sites (N-methyl/N-ethyl adjacent to an activating group) is 1. The first-order valence-electron chi connectivity index (χ1n) is 6.15. The summed E-state index contributed by atoms with van der Waals surface area (Å²) in [5.41, 5.74) is 0.955. The second-order valence-electron chi connectivity index (χ2n) is 4.52. The maximum absolute atomic E-state index is 10.1. The lowest BCUT2D eigenvalue weighted by Gasteiger charge is -2.38. The summed E-state index contributed by atoms with van der Waals surface area (Å²) < 4.78 is 5.60. The molecule has 1 aromatic rings. The number of aliphatic hydroxyl groups excluding tert-OH is 1. The summed E-state index contributed by atoms with van der Waals surface area (Å²) in [6, 6.07) is 5.59. The van der Waals surface area contributed by atoms with Gasteiger partial charge in [0.2, 0.25) is 0 Å². The van der Waals surface area contributed by atoms with Crippen LogP contribution in [0, 0.1) is 0 Å². The van der Waals surface area contributed by atoms with E-state index in [1.54, 1.807) is 0 Å². The predicted octanol–water partition coefficient (Wildman–Crippen LogP) is 1.51. The molecule has 4 nitrogen and oxygen atoms in total. The molecule has 0 amide bonds. The van der Waals surface area contributed by atoms with Crippen molar-refractivity contribution in [3.63, 3.8) is 0 Å². The van der Waals surface area contributed by atoms with E-state index >= 15 is 0 Å². The lowest BCUT2D eigenvalue weighted by atomic mass is 10.1. The van der Waals surface area contributed by atoms with E-state index in [9.17, 15) is 5.11 Å². The van der Waals surface area contributed by atoms with Gasteiger partial charge < -0.3 is 20.1 Å². The Labute approximate surface area is 113 Å². The number of ether oxygens (including phenoxy) is 1. The Morgan fingerprint density at radius 2 is 2.33 bits per heavy atom. The van der Waals surface area contributed by atoms with Crippen molar-refractivity contribution < 1.29 is 9.84 Å². The molecule has 0 spiro atoms. The maximum atomic E-state index is 10.1. The maximum Gasteiger partial charge on any atom is 0.142 e. The van der Waals surface area contributed by atoms with Crippen molar-refractivity contribution in [2.75, 3.05) is 31.6 Å². The number of benzene rings is 1. The molecular formula is C13H19ClN2O2. The number of rotatable bonds is 4. The van der Waals surface area contributed by atoms with Crippen LogP contribution < -0.4 is 15.0 Å². The highest BCUT2D eigenvalue weighted by molar-refractivity contribution is 6.30. The van der Waals surface area contributed by atoms with Crippen molar-refractivity contribution in [3.05, 3.63) is 23.2 Å². The summed E-state index contributed by atoms with van der Waals surface area (Å²) >= 11 is 6.03. The van der Waals surface area contributed by atoms with E-state index in [1.165, 1.54) is 0 Å². The third-order valence-corrected chi connectivity index (χ3v) is 3.52. The lowest BCUT2D eigenvalue weighted by Crippen LogP contribution is -2.48. The van der Waals surface area contributed by atoms with Gasteiger partial charge in [-0.15, -0.1) is 0 Å². The second-order valence-corrected chi connectivity index (χ2v) is 4.96. The van der Waals surface area contributed by atoms with Crippen LogP contribution in [0.4, 0.5) is 5.69 Å². The summed E-state index contributed by atoms with van der Waals surface area (Å²) in [7, 11) is 1.83. The number of halogens is 1. The summed E-state index contributed by atoms with van der Waals surface area (Å²) in [5.74, 6) is 0.828. The van der Waals surface area contributed by atoms with E-state index in [2.05, 4.69) is 10.2 Å². The highest BCUT2D eigenvalue weighted by Crippen LogP contribution is 2.35. The zero-order chi connectivity index (χ0) is 13.1. The fourth-order valence-corrected chi connectivity index (χ4v) is 2.39. The topological polar surface area (TPSA) is 44.7 Å². The summed E-state index contributed by atoms with van der Waals surface area (Å²) in [6.45, 7) is 3.97. The predicted molar refractivity (Wildman–Crippen MR) is 73.7 cm³/mol. The van der Waals surface area contributed by atoms with Gasteiger partial charge in [-0.25, -0.2) is 0 Å². The first-order chi connectivity index (χ1) is 8.63. The Bertz CT molecular complexity index is 414. The van der Waals surface area contributed by atoms with Crippen molar-refractivity contribution >= 4 is 17.3 Å². The summed E-state index contributed by atoms with van der Waals surface area (Å²) in [4.78, 5) is 2.15. The smallest absolute Gasteiger partial charge is 0.142 e. The van der Waals surface area contributed by atoms with Gasteiger partial charge in [0, 0.05) is 11.6 Å². The fraction of sp³-hybridized carbons (Fsp3) is 0.538. The van der Waals surface area contributed by atoms with E-state index < -0.39 is 6.10 Å². The molecule has 0 saturated carbocycles. The Morgan fingerprint density at radius 1 is 1.56 bits per heavy atom. The molecule has 1 aromatic carbocycles. The Balaban J connectivity index is 2.23. The van der Waals surface area contributed by atoms with Crippen LogP contribution in [0.5, 0.6) is 5.75 Å². The largest absolute Gasteiger partial charge is 0.490 e. The molecule has 2 atom stereocenters. The van der Waals surface area contributed by atoms with Crippen LogP contribution in [0.3, 0.4) is 0 Å². The Morgan fingerprint density at radius 3 is 3.06 bits per heavy atom. The molecule has 1 aliphatic rings. The number of nitrogens with zero attached hydrogens (tertiary/aromatic N) is 1. The number of aliphatic hydroxyl groups is 1. The van der Waals surface area contributed by atoms with Crippen LogP contribution in [0.15, 0.2) is 18.2 Å². The minimum absolute atomic E-state index is 0.0126. The molecule has 18 heavy (non-hydrogen) atoms. The van der Waals surface area contributed by atoms with E-state index in [4.69, 9.17) is 16.3 Å². The second kappa shape index (κ2) is 5.78. The van der Waals surface area contributed by atoms with Crippen LogP contribution in [0.25, 0.3) is 0 Å². The van der Waals surface area contributed by atoms with Gasteiger partial charge in [-0.3, -0.25) is 0 Å². The molecule has 0 bridgehead atoms. The van der Waals surface area contributed by atoms with Crippen molar-refractivity contribution in [1.29, 1.82) is 0 Å². The van der Waals surface area contributed by atoms with E-state index in [0.717, 1.165) is 18.0 Å². The molecule has 2 N–H and O–H groups in total. The zero-order valence-electron chi connectivity index (χ0n) is 10.7. The molecule has 0 aromatic heterocycles. The minimum Gasteiger partial charge on any atom is -0.490 e. The van der Waals surface area contributed by atoms with Crippen LogP contribution in [0.2, 0.25) is 5.02 Å². The monoisotopic (exact) mass is 270 g/mol. The third kappa shape index (κ3) is 2.71. The number of hydrogen-bond donors (Lipinski definition) is 2. The molecular weight excluding hydrogens is 252 g/mol. The van der Waals surface area contributed by atoms with Crippen molar-refractivity contribution in [2.24, 2.45) is 0 Å². The van der Waals surface area contributed by atoms with E-state index in [1.807, 2.05) is 32.2 Å². The van der Waals surface area contributed by atoms with E-state index in [-0.39, 0.29) is 6.04 Å². The quantitative estimate of drug-likeness (QED) is 0.871. The van der Waals surface area contributed by atoms with Crippen LogP contribution >= 0.6 is 11.6 Å².